The Balaban J connectivity index is 1.74. The highest BCUT2D eigenvalue weighted by molar-refractivity contribution is 5.76. The van der Waals surface area contributed by atoms with Gasteiger partial charge in [-0.05, 0) is 57.4 Å². The lowest BCUT2D eigenvalue weighted by Gasteiger charge is -2.16. The third kappa shape index (κ3) is 4.77. The molecule has 0 bridgehead atoms. The molecule has 1 aliphatic carbocycles. The van der Waals surface area contributed by atoms with Gasteiger partial charge in [-0.2, -0.15) is 0 Å². The molecule has 1 fully saturated rings. The van der Waals surface area contributed by atoms with Gasteiger partial charge in [-0.25, -0.2) is 8.78 Å². The Morgan fingerprint density at radius 1 is 1.33 bits per heavy atom. The zero-order chi connectivity index (χ0) is 15.4. The third-order valence-corrected chi connectivity index (χ3v) is 3.72. The summed E-state index contributed by atoms with van der Waals surface area (Å²) in [5, 5.41) is 6.04. The van der Waals surface area contributed by atoms with E-state index in [4.69, 9.17) is 0 Å². The van der Waals surface area contributed by atoms with E-state index in [1.165, 1.54) is 12.1 Å². The van der Waals surface area contributed by atoms with Crippen LogP contribution in [0.15, 0.2) is 12.1 Å². The maximum atomic E-state index is 13.8. The second-order valence-corrected chi connectivity index (χ2v) is 5.74. The van der Waals surface area contributed by atoms with Crippen molar-refractivity contribution in [3.63, 3.8) is 0 Å². The number of aryl methyl sites for hydroxylation is 1. The molecular weight excluding hydrogens is 274 g/mol. The Morgan fingerprint density at radius 3 is 2.71 bits per heavy atom. The third-order valence-electron chi connectivity index (χ3n) is 3.72. The molecule has 21 heavy (non-hydrogen) atoms. The van der Waals surface area contributed by atoms with Gasteiger partial charge < -0.3 is 10.6 Å². The number of hydrogen-bond donors (Lipinski definition) is 2. The molecule has 1 atom stereocenters. The summed E-state index contributed by atoms with van der Waals surface area (Å²) in [6.07, 6.45) is 3.30. The van der Waals surface area contributed by atoms with E-state index in [9.17, 15) is 13.6 Å². The summed E-state index contributed by atoms with van der Waals surface area (Å²) in [4.78, 5) is 11.5. The summed E-state index contributed by atoms with van der Waals surface area (Å²) < 4.78 is 27.3. The van der Waals surface area contributed by atoms with Crippen LogP contribution in [-0.2, 0) is 4.79 Å². The molecule has 1 aromatic carbocycles. The SMILES string of the molecule is Cc1cc(F)c(C(C)NCCCC(=O)NC2CC2)cc1F. The normalized spacial score (nSPS) is 15.8. The summed E-state index contributed by atoms with van der Waals surface area (Å²) in [5.41, 5.74) is 0.626. The van der Waals surface area contributed by atoms with Gasteiger partial charge in [-0.15, -0.1) is 0 Å². The van der Waals surface area contributed by atoms with Crippen LogP contribution in [0.2, 0.25) is 0 Å². The van der Waals surface area contributed by atoms with Gasteiger partial charge in [0.1, 0.15) is 11.6 Å². The smallest absolute Gasteiger partial charge is 0.220 e. The molecule has 5 heteroatoms. The topological polar surface area (TPSA) is 41.1 Å². The largest absolute Gasteiger partial charge is 0.353 e. The van der Waals surface area contributed by atoms with Crippen LogP contribution in [0.25, 0.3) is 0 Å². The van der Waals surface area contributed by atoms with E-state index in [-0.39, 0.29) is 11.9 Å². The highest BCUT2D eigenvalue weighted by Crippen LogP contribution is 2.21. The lowest BCUT2D eigenvalue weighted by Crippen LogP contribution is -2.27. The zero-order valence-corrected chi connectivity index (χ0v) is 12.5. The molecule has 1 aliphatic rings. The summed E-state index contributed by atoms with van der Waals surface area (Å²) in [6, 6.07) is 2.55. The maximum absolute atomic E-state index is 13.8. The van der Waals surface area contributed by atoms with Crippen LogP contribution in [0.3, 0.4) is 0 Å². The summed E-state index contributed by atoms with van der Waals surface area (Å²) >= 11 is 0. The zero-order valence-electron chi connectivity index (χ0n) is 12.5. The van der Waals surface area contributed by atoms with Crippen molar-refractivity contribution >= 4 is 5.91 Å². The van der Waals surface area contributed by atoms with Crippen molar-refractivity contribution in [2.45, 2.75) is 51.6 Å². The number of nitrogens with one attached hydrogen (secondary N) is 2. The van der Waals surface area contributed by atoms with E-state index >= 15 is 0 Å². The van der Waals surface area contributed by atoms with Crippen molar-refractivity contribution in [1.29, 1.82) is 0 Å². The Labute approximate surface area is 124 Å². The Morgan fingerprint density at radius 2 is 2.05 bits per heavy atom. The minimum Gasteiger partial charge on any atom is -0.353 e. The molecule has 2 rings (SSSR count). The average molecular weight is 296 g/mol. The lowest BCUT2D eigenvalue weighted by atomic mass is 10.0. The molecule has 0 heterocycles. The van der Waals surface area contributed by atoms with Crippen LogP contribution in [0, 0.1) is 18.6 Å². The number of hydrogen-bond acceptors (Lipinski definition) is 2. The second kappa shape index (κ2) is 6.98. The number of halogens is 2. The first kappa shape index (κ1) is 15.9. The highest BCUT2D eigenvalue weighted by Gasteiger charge is 2.22. The average Bonchev–Trinajstić information content (AvgIpc) is 3.22. The van der Waals surface area contributed by atoms with Gasteiger partial charge in [0, 0.05) is 24.1 Å². The molecule has 3 nitrogen and oxygen atoms in total. The number of amides is 1. The first-order valence-corrected chi connectivity index (χ1v) is 7.45. The van der Waals surface area contributed by atoms with E-state index in [1.54, 1.807) is 13.8 Å². The Bertz CT molecular complexity index is 515. The van der Waals surface area contributed by atoms with Gasteiger partial charge in [0.2, 0.25) is 5.91 Å². The van der Waals surface area contributed by atoms with Crippen molar-refractivity contribution < 1.29 is 13.6 Å². The molecular formula is C16H22F2N2O. The van der Waals surface area contributed by atoms with Crippen LogP contribution in [-0.4, -0.2) is 18.5 Å². The predicted molar refractivity (Wildman–Crippen MR) is 77.9 cm³/mol. The van der Waals surface area contributed by atoms with Crippen LogP contribution in [0.1, 0.15) is 49.8 Å². The van der Waals surface area contributed by atoms with Gasteiger partial charge in [-0.3, -0.25) is 4.79 Å². The van der Waals surface area contributed by atoms with Crippen LogP contribution < -0.4 is 10.6 Å². The minimum atomic E-state index is -0.402. The number of carbonyl (C=O) groups excluding carboxylic acids is 1. The molecule has 0 radical (unpaired) electrons. The maximum Gasteiger partial charge on any atom is 0.220 e. The Kier molecular flexibility index (Phi) is 5.28. The van der Waals surface area contributed by atoms with E-state index < -0.39 is 11.6 Å². The molecule has 1 aromatic rings. The minimum absolute atomic E-state index is 0.0690. The number of benzene rings is 1. The molecule has 2 N–H and O–H groups in total. The Hall–Kier alpha value is -1.49. The fourth-order valence-corrected chi connectivity index (χ4v) is 2.20. The summed E-state index contributed by atoms with van der Waals surface area (Å²) in [5.74, 6) is -0.733. The summed E-state index contributed by atoms with van der Waals surface area (Å²) in [6.45, 7) is 3.92. The molecule has 1 saturated carbocycles. The second-order valence-electron chi connectivity index (χ2n) is 5.74. The molecule has 0 saturated heterocycles. The van der Waals surface area contributed by atoms with Gasteiger partial charge in [-0.1, -0.05) is 0 Å². The quantitative estimate of drug-likeness (QED) is 0.760. The molecule has 116 valence electrons. The van der Waals surface area contributed by atoms with Crippen molar-refractivity contribution in [3.8, 4) is 0 Å². The van der Waals surface area contributed by atoms with E-state index in [0.717, 1.165) is 12.8 Å². The molecule has 1 amide bonds. The highest BCUT2D eigenvalue weighted by atomic mass is 19.1. The van der Waals surface area contributed by atoms with E-state index in [1.807, 2.05) is 0 Å². The van der Waals surface area contributed by atoms with Gasteiger partial charge in [0.25, 0.3) is 0 Å². The van der Waals surface area contributed by atoms with Crippen molar-refractivity contribution in [3.05, 3.63) is 34.9 Å². The number of carbonyl (C=O) groups is 1. The first-order valence-electron chi connectivity index (χ1n) is 7.45. The van der Waals surface area contributed by atoms with E-state index in [2.05, 4.69) is 10.6 Å². The van der Waals surface area contributed by atoms with Gasteiger partial charge in [0.05, 0.1) is 0 Å². The fraction of sp³-hybridized carbons (Fsp3) is 0.562. The van der Waals surface area contributed by atoms with Crippen LogP contribution >= 0.6 is 0 Å². The van der Waals surface area contributed by atoms with Crippen LogP contribution in [0.4, 0.5) is 8.78 Å². The molecule has 0 spiro atoms. The molecule has 0 aromatic heterocycles. The van der Waals surface area contributed by atoms with Crippen molar-refractivity contribution in [2.24, 2.45) is 0 Å². The van der Waals surface area contributed by atoms with Gasteiger partial charge in [0.15, 0.2) is 0 Å². The first-order chi connectivity index (χ1) is 9.97. The van der Waals surface area contributed by atoms with Crippen molar-refractivity contribution in [1.82, 2.24) is 10.6 Å². The van der Waals surface area contributed by atoms with Crippen LogP contribution in [0.5, 0.6) is 0 Å². The lowest BCUT2D eigenvalue weighted by molar-refractivity contribution is -0.121. The molecule has 0 aliphatic heterocycles. The summed E-state index contributed by atoms with van der Waals surface area (Å²) in [7, 11) is 0. The van der Waals surface area contributed by atoms with Crippen molar-refractivity contribution in [2.75, 3.05) is 6.54 Å². The van der Waals surface area contributed by atoms with E-state index in [0.29, 0.717) is 36.6 Å². The number of rotatable bonds is 7. The molecule has 1 unspecified atom stereocenters. The fourth-order valence-electron chi connectivity index (χ4n) is 2.20. The predicted octanol–water partition coefficient (Wildman–Crippen LogP) is 2.98. The van der Waals surface area contributed by atoms with Gasteiger partial charge >= 0.3 is 0 Å². The standard InChI is InChI=1S/C16H22F2N2O/c1-10-8-15(18)13(9-14(10)17)11(2)19-7-3-4-16(21)20-12-5-6-12/h8-9,11-12,19H,3-7H2,1-2H3,(H,20,21). The monoisotopic (exact) mass is 296 g/mol.